The van der Waals surface area contributed by atoms with E-state index in [1.165, 1.54) is 21.6 Å². The summed E-state index contributed by atoms with van der Waals surface area (Å²) >= 11 is 5.78. The molecule has 0 radical (unpaired) electrons. The summed E-state index contributed by atoms with van der Waals surface area (Å²) in [5.41, 5.74) is 5.54. The van der Waals surface area contributed by atoms with Crippen LogP contribution in [-0.2, 0) is 6.54 Å². The molecule has 0 saturated carbocycles. The number of nitrogens with two attached hydrogens (primary N) is 1. The molecule has 3 N–H and O–H groups in total. The second-order valence-electron chi connectivity index (χ2n) is 6.98. The average molecular weight is 417 g/mol. The van der Waals surface area contributed by atoms with Crippen LogP contribution in [0.3, 0.4) is 0 Å². The van der Waals surface area contributed by atoms with Gasteiger partial charge in [0, 0.05) is 6.54 Å². The number of nitrogens with one attached hydrogen (secondary N) is 1. The normalized spacial score (nSPS) is 11.0. The molecule has 3 rings (SSSR count). The van der Waals surface area contributed by atoms with Crippen molar-refractivity contribution in [3.8, 4) is 0 Å². The molecule has 0 aliphatic rings. The van der Waals surface area contributed by atoms with Crippen LogP contribution in [0.15, 0.2) is 56.5 Å². The molecular formula is C20H21ClN4O4. The van der Waals surface area contributed by atoms with Crippen LogP contribution in [0.2, 0.25) is 5.22 Å². The van der Waals surface area contributed by atoms with Gasteiger partial charge in [-0.15, -0.1) is 0 Å². The summed E-state index contributed by atoms with van der Waals surface area (Å²) in [6.07, 6.45) is 0. The summed E-state index contributed by atoms with van der Waals surface area (Å²) < 4.78 is 6.44. The number of carbonyl (C=O) groups excluding carboxylic acids is 1. The van der Waals surface area contributed by atoms with Crippen LogP contribution in [0.1, 0.15) is 30.0 Å². The van der Waals surface area contributed by atoms with Crippen LogP contribution < -0.4 is 21.9 Å². The van der Waals surface area contributed by atoms with Crippen LogP contribution in [-0.4, -0.2) is 22.0 Å². The van der Waals surface area contributed by atoms with Crippen LogP contribution >= 0.6 is 11.6 Å². The number of hydrogen-bond acceptors (Lipinski definition) is 5. The fourth-order valence-corrected chi connectivity index (χ4v) is 3.11. The van der Waals surface area contributed by atoms with Gasteiger partial charge in [-0.3, -0.25) is 24.0 Å². The molecule has 8 nitrogen and oxygen atoms in total. The quantitative estimate of drug-likeness (QED) is 0.641. The lowest BCUT2D eigenvalue weighted by molar-refractivity contribution is 0.0957. The van der Waals surface area contributed by atoms with Gasteiger partial charge in [-0.25, -0.2) is 4.79 Å². The number of hydrogen-bond donors (Lipinski definition) is 2. The summed E-state index contributed by atoms with van der Waals surface area (Å²) in [5, 5.41) is 0.0498. The number of amides is 1. The smallest absolute Gasteiger partial charge is 0.330 e. The Labute approximate surface area is 171 Å². The molecule has 2 aromatic heterocycles. The van der Waals surface area contributed by atoms with Gasteiger partial charge in [-0.2, -0.15) is 0 Å². The molecular weight excluding hydrogens is 396 g/mol. The Morgan fingerprint density at radius 1 is 1.21 bits per heavy atom. The molecule has 9 heteroatoms. The van der Waals surface area contributed by atoms with E-state index in [-0.39, 0.29) is 41.5 Å². The Kier molecular flexibility index (Phi) is 5.93. The lowest BCUT2D eigenvalue weighted by Gasteiger charge is -2.25. The molecule has 1 amide bonds. The number of aromatic nitrogens is 2. The highest BCUT2D eigenvalue weighted by Crippen LogP contribution is 2.23. The van der Waals surface area contributed by atoms with Crippen LogP contribution in [0.25, 0.3) is 0 Å². The highest BCUT2D eigenvalue weighted by Gasteiger charge is 2.27. The predicted molar refractivity (Wildman–Crippen MR) is 112 cm³/mol. The third-order valence-corrected chi connectivity index (χ3v) is 4.45. The first-order chi connectivity index (χ1) is 13.8. The van der Waals surface area contributed by atoms with Gasteiger partial charge in [0.25, 0.3) is 11.5 Å². The van der Waals surface area contributed by atoms with E-state index in [0.29, 0.717) is 0 Å². The van der Waals surface area contributed by atoms with Gasteiger partial charge in [0.2, 0.25) is 0 Å². The summed E-state index contributed by atoms with van der Waals surface area (Å²) in [6.45, 7) is 4.11. The average Bonchev–Trinajstić information content (AvgIpc) is 3.10. The molecule has 0 unspecified atom stereocenters. The first-order valence-electron chi connectivity index (χ1n) is 9.01. The lowest BCUT2D eigenvalue weighted by atomic mass is 10.2. The first kappa shape index (κ1) is 20.5. The molecule has 0 spiro atoms. The number of nitrogens with zero attached hydrogens (tertiary/aromatic N) is 2. The van der Waals surface area contributed by atoms with E-state index < -0.39 is 17.2 Å². The Morgan fingerprint density at radius 3 is 2.48 bits per heavy atom. The van der Waals surface area contributed by atoms with Crippen LogP contribution in [0.4, 0.5) is 11.5 Å². The highest BCUT2D eigenvalue weighted by molar-refractivity contribution is 6.29. The Morgan fingerprint density at radius 2 is 1.90 bits per heavy atom. The molecule has 0 atom stereocenters. The molecule has 1 aromatic carbocycles. The van der Waals surface area contributed by atoms with Crippen molar-refractivity contribution in [3.05, 3.63) is 79.8 Å². The van der Waals surface area contributed by atoms with Crippen molar-refractivity contribution in [2.45, 2.75) is 20.4 Å². The van der Waals surface area contributed by atoms with E-state index in [4.69, 9.17) is 21.8 Å². The number of anilines is 2. The maximum atomic E-state index is 13.0. The minimum absolute atomic E-state index is 0.0117. The minimum Gasteiger partial charge on any atom is -0.440 e. The van der Waals surface area contributed by atoms with Crippen molar-refractivity contribution >= 4 is 29.0 Å². The molecule has 29 heavy (non-hydrogen) atoms. The Bertz CT molecular complexity index is 1130. The van der Waals surface area contributed by atoms with Crippen molar-refractivity contribution < 1.29 is 9.21 Å². The Balaban J connectivity index is 2.12. The summed E-state index contributed by atoms with van der Waals surface area (Å²) in [4.78, 5) is 41.5. The van der Waals surface area contributed by atoms with E-state index >= 15 is 0 Å². The largest absolute Gasteiger partial charge is 0.440 e. The predicted octanol–water partition coefficient (Wildman–Crippen LogP) is 2.72. The van der Waals surface area contributed by atoms with Crippen molar-refractivity contribution in [3.63, 3.8) is 0 Å². The second kappa shape index (κ2) is 8.40. The molecule has 0 aliphatic carbocycles. The van der Waals surface area contributed by atoms with Gasteiger partial charge < -0.3 is 10.2 Å². The van der Waals surface area contributed by atoms with E-state index in [9.17, 15) is 14.4 Å². The number of nitrogen functional groups attached to an aromatic ring is 1. The first-order valence-corrected chi connectivity index (χ1v) is 9.39. The van der Waals surface area contributed by atoms with Gasteiger partial charge in [0.1, 0.15) is 5.82 Å². The van der Waals surface area contributed by atoms with E-state index in [1.807, 2.05) is 44.2 Å². The summed E-state index contributed by atoms with van der Waals surface area (Å²) in [7, 11) is 0. The number of H-pyrrole nitrogens is 1. The van der Waals surface area contributed by atoms with Gasteiger partial charge in [-0.05, 0) is 35.2 Å². The van der Waals surface area contributed by atoms with Crippen molar-refractivity contribution in [1.82, 2.24) is 9.55 Å². The molecule has 152 valence electrons. The maximum Gasteiger partial charge on any atom is 0.330 e. The lowest BCUT2D eigenvalue weighted by Crippen LogP contribution is -2.42. The molecule has 0 saturated heterocycles. The number of carbonyl (C=O) groups is 1. The van der Waals surface area contributed by atoms with Crippen LogP contribution in [0.5, 0.6) is 0 Å². The fourth-order valence-electron chi connectivity index (χ4n) is 2.96. The molecule has 0 fully saturated rings. The number of benzene rings is 1. The maximum absolute atomic E-state index is 13.0. The van der Waals surface area contributed by atoms with Crippen molar-refractivity contribution in [2.75, 3.05) is 17.2 Å². The standard InChI is InChI=1S/C20H21ClN4O4/c1-12(2)10-24(19(27)14-8-9-15(21)29-14)16-17(22)25(20(28)23-18(16)26)11-13-6-4-3-5-7-13/h3-9,12H,10-11,22H2,1-2H3,(H,23,26,28). The number of aromatic amines is 1. The zero-order valence-corrected chi connectivity index (χ0v) is 16.8. The molecule has 2 heterocycles. The van der Waals surface area contributed by atoms with Gasteiger partial charge in [0.15, 0.2) is 16.7 Å². The third kappa shape index (κ3) is 4.43. The van der Waals surface area contributed by atoms with Gasteiger partial charge in [-0.1, -0.05) is 44.2 Å². The topological polar surface area (TPSA) is 114 Å². The monoisotopic (exact) mass is 416 g/mol. The summed E-state index contributed by atoms with van der Waals surface area (Å²) in [6, 6.07) is 12.0. The SMILES string of the molecule is CC(C)CN(C(=O)c1ccc(Cl)o1)c1c(N)n(Cc2ccccc2)c(=O)[nH]c1=O. The zero-order valence-electron chi connectivity index (χ0n) is 16.0. The molecule has 0 bridgehead atoms. The van der Waals surface area contributed by atoms with Crippen molar-refractivity contribution in [2.24, 2.45) is 5.92 Å². The fraction of sp³-hybridized carbons (Fsp3) is 0.250. The zero-order chi connectivity index (χ0) is 21.1. The second-order valence-corrected chi connectivity index (χ2v) is 7.35. The molecule has 3 aromatic rings. The highest BCUT2D eigenvalue weighted by atomic mass is 35.5. The van der Waals surface area contributed by atoms with Gasteiger partial charge in [0.05, 0.1) is 6.54 Å². The van der Waals surface area contributed by atoms with Gasteiger partial charge >= 0.3 is 5.69 Å². The van der Waals surface area contributed by atoms with E-state index in [1.54, 1.807) is 0 Å². The minimum atomic E-state index is -0.747. The van der Waals surface area contributed by atoms with Crippen molar-refractivity contribution in [1.29, 1.82) is 0 Å². The number of rotatable bonds is 6. The number of furan rings is 1. The molecule has 0 aliphatic heterocycles. The Hall–Kier alpha value is -3.26. The third-order valence-electron chi connectivity index (χ3n) is 4.24. The summed E-state index contributed by atoms with van der Waals surface area (Å²) in [5.74, 6) is -0.699. The van der Waals surface area contributed by atoms with Crippen LogP contribution in [0, 0.1) is 5.92 Å². The van der Waals surface area contributed by atoms with E-state index in [0.717, 1.165) is 5.56 Å². The van der Waals surface area contributed by atoms with E-state index in [2.05, 4.69) is 4.98 Å². The number of halogens is 1.